The first-order chi connectivity index (χ1) is 15.7. The summed E-state index contributed by atoms with van der Waals surface area (Å²) in [6, 6.07) is 13.6. The number of sulfonamides is 1. The number of thiophene rings is 1. The standard InChI is InChI=1S/C24H25ClN4O2S2/c1-14-12-29(13-15(2)27-14)22-8-9-26-21-6-5-18(11-19(21)22)28-33(30,31)24-16(3)32-23-7-4-17(25)10-20(23)24/h4-11,14-15,27-28H,12-13H2,1-3H3. The zero-order valence-corrected chi connectivity index (χ0v) is 21.0. The Balaban J connectivity index is 1.55. The number of aromatic nitrogens is 1. The number of piperazine rings is 1. The molecular formula is C24H25ClN4O2S2. The molecule has 9 heteroatoms. The van der Waals surface area contributed by atoms with Crippen molar-refractivity contribution in [2.75, 3.05) is 22.7 Å². The number of nitrogens with one attached hydrogen (secondary N) is 2. The molecule has 0 spiro atoms. The van der Waals surface area contributed by atoms with Gasteiger partial charge in [-0.25, -0.2) is 8.42 Å². The van der Waals surface area contributed by atoms with Gasteiger partial charge >= 0.3 is 0 Å². The van der Waals surface area contributed by atoms with E-state index in [1.165, 1.54) is 11.3 Å². The second-order valence-corrected chi connectivity index (χ2v) is 12.0. The van der Waals surface area contributed by atoms with Crippen LogP contribution in [0, 0.1) is 6.92 Å². The molecule has 2 N–H and O–H groups in total. The fourth-order valence-electron chi connectivity index (χ4n) is 4.70. The maximum atomic E-state index is 13.4. The van der Waals surface area contributed by atoms with Crippen molar-refractivity contribution in [3.05, 3.63) is 58.6 Å². The molecule has 4 aromatic rings. The maximum Gasteiger partial charge on any atom is 0.263 e. The highest BCUT2D eigenvalue weighted by molar-refractivity contribution is 7.93. The third kappa shape index (κ3) is 4.28. The predicted octanol–water partition coefficient (Wildman–Crippen LogP) is 5.40. The first-order valence-electron chi connectivity index (χ1n) is 10.8. The summed E-state index contributed by atoms with van der Waals surface area (Å²) < 4.78 is 30.6. The normalized spacial score (nSPS) is 19.3. The number of fused-ring (bicyclic) bond motifs is 2. The van der Waals surface area contributed by atoms with Gasteiger partial charge in [-0.1, -0.05) is 11.6 Å². The van der Waals surface area contributed by atoms with Crippen LogP contribution in [0.4, 0.5) is 11.4 Å². The van der Waals surface area contributed by atoms with Crippen molar-refractivity contribution in [2.24, 2.45) is 0 Å². The largest absolute Gasteiger partial charge is 0.368 e. The number of anilines is 2. The smallest absolute Gasteiger partial charge is 0.263 e. The van der Waals surface area contributed by atoms with E-state index in [2.05, 4.69) is 33.8 Å². The topological polar surface area (TPSA) is 74.3 Å². The molecule has 2 aromatic heterocycles. The summed E-state index contributed by atoms with van der Waals surface area (Å²) in [6.07, 6.45) is 1.81. The summed E-state index contributed by atoms with van der Waals surface area (Å²) in [5.41, 5.74) is 2.40. The van der Waals surface area contributed by atoms with Gasteiger partial charge in [-0.15, -0.1) is 11.3 Å². The Morgan fingerprint density at radius 3 is 2.61 bits per heavy atom. The third-order valence-electron chi connectivity index (χ3n) is 5.91. The van der Waals surface area contributed by atoms with Crippen molar-refractivity contribution >= 4 is 65.3 Å². The monoisotopic (exact) mass is 500 g/mol. The van der Waals surface area contributed by atoms with E-state index in [0.717, 1.165) is 39.3 Å². The van der Waals surface area contributed by atoms with Crippen LogP contribution in [0.5, 0.6) is 0 Å². The van der Waals surface area contributed by atoms with Gasteiger partial charge in [0, 0.05) is 68.1 Å². The van der Waals surface area contributed by atoms with E-state index in [0.29, 0.717) is 28.2 Å². The molecule has 2 unspecified atom stereocenters. The third-order valence-corrected chi connectivity index (χ3v) is 8.93. The summed E-state index contributed by atoms with van der Waals surface area (Å²) in [5.74, 6) is 0. The minimum Gasteiger partial charge on any atom is -0.368 e. The van der Waals surface area contributed by atoms with Crippen molar-refractivity contribution in [2.45, 2.75) is 37.8 Å². The average molecular weight is 501 g/mol. The molecule has 1 aliphatic heterocycles. The van der Waals surface area contributed by atoms with E-state index in [1.807, 2.05) is 37.4 Å². The number of nitrogens with zero attached hydrogens (tertiary/aromatic N) is 2. The molecule has 0 radical (unpaired) electrons. The van der Waals surface area contributed by atoms with Gasteiger partial charge in [-0.3, -0.25) is 9.71 Å². The lowest BCUT2D eigenvalue weighted by Crippen LogP contribution is -2.54. The maximum absolute atomic E-state index is 13.4. The lowest BCUT2D eigenvalue weighted by Gasteiger charge is -2.38. The molecule has 1 aliphatic rings. The molecule has 1 saturated heterocycles. The second-order valence-electron chi connectivity index (χ2n) is 8.67. The van der Waals surface area contributed by atoms with Crippen LogP contribution in [0.2, 0.25) is 5.02 Å². The van der Waals surface area contributed by atoms with E-state index < -0.39 is 10.0 Å². The van der Waals surface area contributed by atoms with Gasteiger partial charge in [0.25, 0.3) is 10.0 Å². The number of halogens is 1. The lowest BCUT2D eigenvalue weighted by molar-refractivity contribution is 0.407. The Labute approximate surface area is 202 Å². The molecule has 33 heavy (non-hydrogen) atoms. The fraction of sp³-hybridized carbons (Fsp3) is 0.292. The summed E-state index contributed by atoms with van der Waals surface area (Å²) >= 11 is 7.61. The van der Waals surface area contributed by atoms with Crippen molar-refractivity contribution in [3.63, 3.8) is 0 Å². The Hall–Kier alpha value is -2.39. The summed E-state index contributed by atoms with van der Waals surface area (Å²) in [4.78, 5) is 7.84. The molecule has 2 aromatic carbocycles. The molecule has 1 fully saturated rings. The molecule has 0 bridgehead atoms. The SMILES string of the molecule is Cc1sc2ccc(Cl)cc2c1S(=O)(=O)Nc1ccc2nccc(N3CC(C)NC(C)C3)c2c1. The number of rotatable bonds is 4. The van der Waals surface area contributed by atoms with Gasteiger partial charge in [-0.05, 0) is 63.2 Å². The van der Waals surface area contributed by atoms with Crippen molar-refractivity contribution < 1.29 is 8.42 Å². The van der Waals surface area contributed by atoms with Crippen LogP contribution >= 0.6 is 22.9 Å². The van der Waals surface area contributed by atoms with E-state index in [9.17, 15) is 8.42 Å². The second kappa shape index (κ2) is 8.43. The number of hydrogen-bond acceptors (Lipinski definition) is 6. The number of benzene rings is 2. The van der Waals surface area contributed by atoms with E-state index >= 15 is 0 Å². The molecule has 5 rings (SSSR count). The van der Waals surface area contributed by atoms with Crippen molar-refractivity contribution in [1.29, 1.82) is 0 Å². The quantitative estimate of drug-likeness (QED) is 0.392. The Kier molecular flexibility index (Phi) is 5.73. The summed E-state index contributed by atoms with van der Waals surface area (Å²) in [5, 5.41) is 5.63. The minimum atomic E-state index is -3.81. The number of hydrogen-bond donors (Lipinski definition) is 2. The molecule has 2 atom stereocenters. The highest BCUT2D eigenvalue weighted by Crippen LogP contribution is 2.37. The van der Waals surface area contributed by atoms with Crippen LogP contribution in [0.15, 0.2) is 53.6 Å². The van der Waals surface area contributed by atoms with E-state index in [1.54, 1.807) is 18.2 Å². The molecule has 172 valence electrons. The number of pyridine rings is 1. The van der Waals surface area contributed by atoms with Crippen molar-refractivity contribution in [1.82, 2.24) is 10.3 Å². The lowest BCUT2D eigenvalue weighted by atomic mass is 10.1. The van der Waals surface area contributed by atoms with Gasteiger partial charge in [0.15, 0.2) is 0 Å². The molecule has 6 nitrogen and oxygen atoms in total. The Bertz CT molecular complexity index is 1460. The van der Waals surface area contributed by atoms with Gasteiger partial charge in [0.1, 0.15) is 4.90 Å². The van der Waals surface area contributed by atoms with Crippen molar-refractivity contribution in [3.8, 4) is 0 Å². The first-order valence-corrected chi connectivity index (χ1v) is 13.5. The zero-order chi connectivity index (χ0) is 23.3. The predicted molar refractivity (Wildman–Crippen MR) is 138 cm³/mol. The van der Waals surface area contributed by atoms with Crippen LogP contribution in [-0.4, -0.2) is 38.6 Å². The highest BCUT2D eigenvalue weighted by Gasteiger charge is 2.25. The van der Waals surface area contributed by atoms with Crippen LogP contribution in [0.1, 0.15) is 18.7 Å². The highest BCUT2D eigenvalue weighted by atomic mass is 35.5. The molecule has 0 amide bonds. The van der Waals surface area contributed by atoms with Gasteiger partial charge in [-0.2, -0.15) is 0 Å². The van der Waals surface area contributed by atoms with Crippen LogP contribution < -0.4 is 14.9 Å². The van der Waals surface area contributed by atoms with Gasteiger partial charge in [0.05, 0.1) is 5.52 Å². The number of aryl methyl sites for hydroxylation is 1. The van der Waals surface area contributed by atoms with E-state index in [4.69, 9.17) is 11.6 Å². The van der Waals surface area contributed by atoms with Gasteiger partial charge < -0.3 is 10.2 Å². The Morgan fingerprint density at radius 2 is 1.85 bits per heavy atom. The first kappa shape index (κ1) is 22.4. The molecule has 0 aliphatic carbocycles. The molecular weight excluding hydrogens is 476 g/mol. The van der Waals surface area contributed by atoms with Crippen LogP contribution in [0.25, 0.3) is 21.0 Å². The molecule has 0 saturated carbocycles. The Morgan fingerprint density at radius 1 is 1.09 bits per heavy atom. The van der Waals surface area contributed by atoms with Crippen LogP contribution in [0.3, 0.4) is 0 Å². The van der Waals surface area contributed by atoms with Gasteiger partial charge in [0.2, 0.25) is 0 Å². The molecule has 3 heterocycles. The zero-order valence-electron chi connectivity index (χ0n) is 18.6. The average Bonchev–Trinajstić information content (AvgIpc) is 3.08. The van der Waals surface area contributed by atoms with E-state index in [-0.39, 0.29) is 4.90 Å². The summed E-state index contributed by atoms with van der Waals surface area (Å²) in [6.45, 7) is 7.92. The summed E-state index contributed by atoms with van der Waals surface area (Å²) in [7, 11) is -3.81. The fourth-order valence-corrected chi connectivity index (χ4v) is 7.71. The van der Waals surface area contributed by atoms with Crippen LogP contribution in [-0.2, 0) is 10.0 Å². The minimum absolute atomic E-state index is 0.279.